The molecule has 0 saturated heterocycles. The van der Waals surface area contributed by atoms with Crippen LogP contribution in [0.4, 0.5) is 4.39 Å². The van der Waals surface area contributed by atoms with Crippen LogP contribution in [0.2, 0.25) is 0 Å². The Kier molecular flexibility index (Phi) is 4.63. The highest BCUT2D eigenvalue weighted by Crippen LogP contribution is 2.25. The van der Waals surface area contributed by atoms with Gasteiger partial charge in [-0.25, -0.2) is 4.39 Å². The van der Waals surface area contributed by atoms with Crippen molar-refractivity contribution in [2.75, 3.05) is 0 Å². The molecule has 1 unspecified atom stereocenters. The number of nitrogens with zero attached hydrogens (tertiary/aromatic N) is 1. The fourth-order valence-corrected chi connectivity index (χ4v) is 2.46. The lowest BCUT2D eigenvalue weighted by molar-refractivity contribution is 0.544. The average molecular weight is 324 g/mol. The van der Waals surface area contributed by atoms with E-state index in [1.807, 2.05) is 13.0 Å². The number of aromatic nitrogens is 1. The molecule has 2 aromatic rings. The molecule has 5 heteroatoms. The van der Waals surface area contributed by atoms with E-state index in [2.05, 4.69) is 26.3 Å². The van der Waals surface area contributed by atoms with E-state index in [1.165, 1.54) is 12.1 Å². The summed E-state index contributed by atoms with van der Waals surface area (Å²) in [7, 11) is 0. The van der Waals surface area contributed by atoms with Gasteiger partial charge in [-0.05, 0) is 54.3 Å². The van der Waals surface area contributed by atoms with Crippen molar-refractivity contribution >= 4 is 15.9 Å². The van der Waals surface area contributed by atoms with E-state index in [0.717, 1.165) is 21.2 Å². The van der Waals surface area contributed by atoms with E-state index in [4.69, 9.17) is 5.84 Å². The fourth-order valence-electron chi connectivity index (χ4n) is 2.05. The van der Waals surface area contributed by atoms with Gasteiger partial charge >= 0.3 is 0 Å². The van der Waals surface area contributed by atoms with Gasteiger partial charge in [0.2, 0.25) is 0 Å². The van der Waals surface area contributed by atoms with Crippen molar-refractivity contribution in [2.45, 2.75) is 19.4 Å². The molecule has 3 N–H and O–H groups in total. The molecule has 3 nitrogen and oxygen atoms in total. The molecule has 1 aromatic heterocycles. The van der Waals surface area contributed by atoms with Gasteiger partial charge < -0.3 is 0 Å². The monoisotopic (exact) mass is 323 g/mol. The Morgan fingerprint density at radius 1 is 1.42 bits per heavy atom. The third-order valence-corrected chi connectivity index (χ3v) is 3.85. The molecule has 2 rings (SSSR count). The van der Waals surface area contributed by atoms with Crippen LogP contribution in [-0.2, 0) is 6.42 Å². The number of rotatable bonds is 4. The first-order valence-corrected chi connectivity index (χ1v) is 6.71. The minimum absolute atomic E-state index is 0.0823. The summed E-state index contributed by atoms with van der Waals surface area (Å²) < 4.78 is 14.2. The van der Waals surface area contributed by atoms with Gasteiger partial charge in [0.25, 0.3) is 0 Å². The molecule has 1 aromatic carbocycles. The number of hydrazine groups is 1. The van der Waals surface area contributed by atoms with Gasteiger partial charge in [0.1, 0.15) is 5.82 Å². The summed E-state index contributed by atoms with van der Waals surface area (Å²) in [5.41, 5.74) is 5.77. The van der Waals surface area contributed by atoms with Crippen molar-refractivity contribution in [3.05, 3.63) is 63.6 Å². The highest BCUT2D eigenvalue weighted by molar-refractivity contribution is 9.10. The number of benzene rings is 1. The van der Waals surface area contributed by atoms with Crippen LogP contribution in [0.15, 0.2) is 41.1 Å². The second-order valence-electron chi connectivity index (χ2n) is 4.39. The summed E-state index contributed by atoms with van der Waals surface area (Å²) in [6, 6.07) is 6.49. The number of aryl methyl sites for hydroxylation is 1. The van der Waals surface area contributed by atoms with Crippen molar-refractivity contribution < 1.29 is 4.39 Å². The maximum atomic E-state index is 13.3. The summed E-state index contributed by atoms with van der Waals surface area (Å²) in [6.45, 7) is 1.98. The third-order valence-electron chi connectivity index (χ3n) is 3.07. The summed E-state index contributed by atoms with van der Waals surface area (Å²) in [5.74, 6) is 5.38. The van der Waals surface area contributed by atoms with Crippen LogP contribution >= 0.6 is 15.9 Å². The molecule has 0 fully saturated rings. The van der Waals surface area contributed by atoms with Gasteiger partial charge in [-0.3, -0.25) is 16.3 Å². The highest BCUT2D eigenvalue weighted by atomic mass is 79.9. The van der Waals surface area contributed by atoms with Gasteiger partial charge in [0, 0.05) is 16.9 Å². The Balaban J connectivity index is 2.29. The van der Waals surface area contributed by atoms with Crippen LogP contribution in [0, 0.1) is 12.7 Å². The molecule has 0 saturated carbocycles. The number of nitrogens with two attached hydrogens (primary N) is 1. The SMILES string of the molecule is Cc1cnccc1C(Cc1cc(F)ccc1Br)NN. The molecule has 100 valence electrons. The van der Waals surface area contributed by atoms with Gasteiger partial charge in [-0.2, -0.15) is 0 Å². The molecule has 0 aliphatic carbocycles. The molecule has 0 radical (unpaired) electrons. The predicted molar refractivity (Wildman–Crippen MR) is 76.8 cm³/mol. The first-order chi connectivity index (χ1) is 9.11. The first-order valence-electron chi connectivity index (χ1n) is 5.92. The number of pyridine rings is 1. The maximum Gasteiger partial charge on any atom is 0.123 e. The van der Waals surface area contributed by atoms with Crippen LogP contribution in [0.1, 0.15) is 22.7 Å². The van der Waals surface area contributed by atoms with Crippen LogP contribution in [0.25, 0.3) is 0 Å². The Morgan fingerprint density at radius 2 is 2.21 bits per heavy atom. The van der Waals surface area contributed by atoms with Crippen molar-refractivity contribution in [2.24, 2.45) is 5.84 Å². The zero-order chi connectivity index (χ0) is 13.8. The number of hydrogen-bond acceptors (Lipinski definition) is 3. The van der Waals surface area contributed by atoms with Gasteiger partial charge in [-0.1, -0.05) is 15.9 Å². The second-order valence-corrected chi connectivity index (χ2v) is 5.25. The fraction of sp³-hybridized carbons (Fsp3) is 0.214. The Labute approximate surface area is 120 Å². The highest BCUT2D eigenvalue weighted by Gasteiger charge is 2.15. The standard InChI is InChI=1S/C14H15BrFN3/c1-9-8-18-5-4-12(9)14(19-17)7-10-6-11(16)2-3-13(10)15/h2-6,8,14,19H,7,17H2,1H3. The molecule has 19 heavy (non-hydrogen) atoms. The predicted octanol–water partition coefficient (Wildman–Crippen LogP) is 3.04. The zero-order valence-corrected chi connectivity index (χ0v) is 12.1. The van der Waals surface area contributed by atoms with Crippen molar-refractivity contribution in [1.29, 1.82) is 0 Å². The summed E-state index contributed by atoms with van der Waals surface area (Å²) >= 11 is 3.43. The lowest BCUT2D eigenvalue weighted by atomic mass is 9.97. The summed E-state index contributed by atoms with van der Waals surface area (Å²) in [5, 5.41) is 0. The third kappa shape index (κ3) is 3.37. The molecular weight excluding hydrogens is 309 g/mol. The molecule has 1 atom stereocenters. The van der Waals surface area contributed by atoms with Gasteiger partial charge in [0.15, 0.2) is 0 Å². The molecule has 0 aliphatic heterocycles. The molecule has 0 amide bonds. The topological polar surface area (TPSA) is 50.9 Å². The van der Waals surface area contributed by atoms with E-state index >= 15 is 0 Å². The van der Waals surface area contributed by atoms with Crippen molar-refractivity contribution in [1.82, 2.24) is 10.4 Å². The number of nitrogens with one attached hydrogen (secondary N) is 1. The number of hydrogen-bond donors (Lipinski definition) is 2. The average Bonchev–Trinajstić information content (AvgIpc) is 2.41. The van der Waals surface area contributed by atoms with E-state index in [-0.39, 0.29) is 11.9 Å². The molecule has 0 spiro atoms. The van der Waals surface area contributed by atoms with Crippen LogP contribution in [-0.4, -0.2) is 4.98 Å². The van der Waals surface area contributed by atoms with Crippen LogP contribution in [0.3, 0.4) is 0 Å². The van der Waals surface area contributed by atoms with Crippen molar-refractivity contribution in [3.8, 4) is 0 Å². The largest absolute Gasteiger partial charge is 0.271 e. The normalized spacial score (nSPS) is 12.4. The van der Waals surface area contributed by atoms with Gasteiger partial charge in [-0.15, -0.1) is 0 Å². The zero-order valence-electron chi connectivity index (χ0n) is 10.5. The quantitative estimate of drug-likeness (QED) is 0.671. The Hall–Kier alpha value is -1.30. The Morgan fingerprint density at radius 3 is 2.89 bits per heavy atom. The molecule has 1 heterocycles. The van der Waals surface area contributed by atoms with E-state index in [0.29, 0.717) is 6.42 Å². The smallest absolute Gasteiger partial charge is 0.123 e. The first kappa shape index (κ1) is 14.1. The summed E-state index contributed by atoms with van der Waals surface area (Å²) in [4.78, 5) is 4.06. The second kappa shape index (κ2) is 6.23. The number of halogens is 2. The van der Waals surface area contributed by atoms with Crippen molar-refractivity contribution in [3.63, 3.8) is 0 Å². The molecule has 0 aliphatic rings. The molecule has 0 bridgehead atoms. The van der Waals surface area contributed by atoms with Gasteiger partial charge in [0.05, 0.1) is 6.04 Å². The maximum absolute atomic E-state index is 13.3. The van der Waals surface area contributed by atoms with E-state index in [1.54, 1.807) is 18.5 Å². The van der Waals surface area contributed by atoms with E-state index in [9.17, 15) is 4.39 Å². The molecular formula is C14H15BrFN3. The minimum Gasteiger partial charge on any atom is -0.271 e. The lowest BCUT2D eigenvalue weighted by Gasteiger charge is -2.19. The lowest BCUT2D eigenvalue weighted by Crippen LogP contribution is -2.30. The Bertz CT molecular complexity index is 574. The van der Waals surface area contributed by atoms with E-state index < -0.39 is 0 Å². The van der Waals surface area contributed by atoms with Crippen LogP contribution in [0.5, 0.6) is 0 Å². The summed E-state index contributed by atoms with van der Waals surface area (Å²) in [6.07, 6.45) is 4.12. The van der Waals surface area contributed by atoms with Crippen LogP contribution < -0.4 is 11.3 Å². The minimum atomic E-state index is -0.250.